The summed E-state index contributed by atoms with van der Waals surface area (Å²) in [5, 5.41) is 3.75. The monoisotopic (exact) mass is 508 g/mol. The molecule has 2 aromatic heterocycles. The highest BCUT2D eigenvalue weighted by Crippen LogP contribution is 2.41. The second-order valence-electron chi connectivity index (χ2n) is 8.66. The van der Waals surface area contributed by atoms with Gasteiger partial charge in [0, 0.05) is 43.5 Å². The van der Waals surface area contributed by atoms with Crippen molar-refractivity contribution >= 4 is 29.1 Å². The minimum Gasteiger partial charge on any atom is -0.494 e. The Morgan fingerprint density at radius 1 is 1.17 bits per heavy atom. The van der Waals surface area contributed by atoms with Crippen LogP contribution in [0.5, 0.6) is 11.5 Å². The molecule has 1 aliphatic rings. The molecule has 0 radical (unpaired) electrons. The van der Waals surface area contributed by atoms with Gasteiger partial charge in [0.05, 0.1) is 18.5 Å². The summed E-state index contributed by atoms with van der Waals surface area (Å²) in [5.74, 6) is 2.66. The van der Waals surface area contributed by atoms with Crippen LogP contribution in [0.3, 0.4) is 0 Å². The topological polar surface area (TPSA) is 77.3 Å². The Kier molecular flexibility index (Phi) is 6.65. The van der Waals surface area contributed by atoms with Crippen LogP contribution in [0.15, 0.2) is 55.0 Å². The smallest absolute Gasteiger partial charge is 0.229 e. The standard InChI is InChI=1S/C26H26ClFN6O2/c1-33(2)25-20-10-9-19(16-4-7-18(8-5-16)36-14-28)24(20)31-26(32-25)30-17-6-11-21(22(12-17)35-3)34-13-23(27)29-15-34/h4-8,11-13,15,19H,9-10,14H2,1-3H3,(H,30,31,32)/t19-/m1/s1. The Morgan fingerprint density at radius 3 is 2.64 bits per heavy atom. The highest BCUT2D eigenvalue weighted by atomic mass is 35.5. The van der Waals surface area contributed by atoms with Gasteiger partial charge in [-0.2, -0.15) is 4.98 Å². The lowest BCUT2D eigenvalue weighted by atomic mass is 9.96. The predicted octanol–water partition coefficient (Wildman–Crippen LogP) is 5.52. The number of aromatic nitrogens is 4. The normalized spacial score (nSPS) is 14.4. The van der Waals surface area contributed by atoms with Crippen LogP contribution in [0, 0.1) is 0 Å². The van der Waals surface area contributed by atoms with Gasteiger partial charge in [0.2, 0.25) is 12.8 Å². The van der Waals surface area contributed by atoms with E-state index < -0.39 is 6.86 Å². The van der Waals surface area contributed by atoms with Crippen molar-refractivity contribution in [2.75, 3.05) is 38.3 Å². The van der Waals surface area contributed by atoms with Crippen LogP contribution in [0.2, 0.25) is 5.15 Å². The van der Waals surface area contributed by atoms with Crippen molar-refractivity contribution in [3.05, 3.63) is 77.0 Å². The van der Waals surface area contributed by atoms with Crippen LogP contribution in [-0.4, -0.2) is 47.6 Å². The number of hydrogen-bond acceptors (Lipinski definition) is 7. The molecule has 0 saturated heterocycles. The van der Waals surface area contributed by atoms with E-state index >= 15 is 0 Å². The van der Waals surface area contributed by atoms with E-state index in [0.717, 1.165) is 46.9 Å². The quantitative estimate of drug-likeness (QED) is 0.336. The second-order valence-corrected chi connectivity index (χ2v) is 9.05. The molecule has 1 aliphatic carbocycles. The lowest BCUT2D eigenvalue weighted by Gasteiger charge is -2.19. The largest absolute Gasteiger partial charge is 0.494 e. The third-order valence-corrected chi connectivity index (χ3v) is 6.42. The van der Waals surface area contributed by atoms with E-state index in [4.69, 9.17) is 31.0 Å². The summed E-state index contributed by atoms with van der Waals surface area (Å²) in [5.41, 5.74) is 4.84. The van der Waals surface area contributed by atoms with Crippen molar-refractivity contribution in [3.8, 4) is 17.2 Å². The van der Waals surface area contributed by atoms with Crippen molar-refractivity contribution in [2.45, 2.75) is 18.8 Å². The van der Waals surface area contributed by atoms with E-state index in [1.165, 1.54) is 0 Å². The number of halogens is 2. The van der Waals surface area contributed by atoms with E-state index in [1.807, 2.05) is 49.3 Å². The number of methoxy groups -OCH3 is 1. The molecule has 5 rings (SSSR count). The number of nitrogens with one attached hydrogen (secondary N) is 1. The fourth-order valence-electron chi connectivity index (χ4n) is 4.58. The SMILES string of the molecule is COc1cc(Nc2nc3c(c(N(C)C)n2)CC[C@@H]3c2ccc(OCF)cc2)ccc1-n1cnc(Cl)c1. The lowest BCUT2D eigenvalue weighted by Crippen LogP contribution is -2.16. The summed E-state index contributed by atoms with van der Waals surface area (Å²) in [4.78, 5) is 15.8. The van der Waals surface area contributed by atoms with Crippen LogP contribution < -0.4 is 19.7 Å². The average Bonchev–Trinajstić information content (AvgIpc) is 3.50. The van der Waals surface area contributed by atoms with Crippen molar-refractivity contribution in [3.63, 3.8) is 0 Å². The number of alkyl halides is 1. The van der Waals surface area contributed by atoms with Crippen molar-refractivity contribution in [1.82, 2.24) is 19.5 Å². The average molecular weight is 509 g/mol. The number of rotatable bonds is 8. The summed E-state index contributed by atoms with van der Waals surface area (Å²) < 4.78 is 24.9. The third-order valence-electron chi connectivity index (χ3n) is 6.22. The third kappa shape index (κ3) is 4.66. The number of fused-ring (bicyclic) bond motifs is 1. The molecule has 0 saturated carbocycles. The van der Waals surface area contributed by atoms with Gasteiger partial charge in [-0.25, -0.2) is 14.4 Å². The Bertz CT molecular complexity index is 1380. The molecule has 2 heterocycles. The first kappa shape index (κ1) is 23.9. The number of imidazole rings is 1. The Hall–Kier alpha value is -3.85. The number of anilines is 3. The van der Waals surface area contributed by atoms with Gasteiger partial charge in [0.15, 0.2) is 0 Å². The van der Waals surface area contributed by atoms with Crippen molar-refractivity contribution in [1.29, 1.82) is 0 Å². The minimum atomic E-state index is -0.845. The molecule has 2 aromatic carbocycles. The number of ether oxygens (including phenoxy) is 2. The van der Waals surface area contributed by atoms with Crippen LogP contribution >= 0.6 is 11.6 Å². The highest BCUT2D eigenvalue weighted by Gasteiger charge is 2.30. The molecule has 1 atom stereocenters. The maximum absolute atomic E-state index is 12.5. The molecular weight excluding hydrogens is 483 g/mol. The molecule has 0 amide bonds. The van der Waals surface area contributed by atoms with Crippen molar-refractivity contribution in [2.24, 2.45) is 0 Å². The molecule has 4 aromatic rings. The zero-order chi connectivity index (χ0) is 25.2. The first-order valence-electron chi connectivity index (χ1n) is 11.5. The highest BCUT2D eigenvalue weighted by molar-refractivity contribution is 6.29. The first-order chi connectivity index (χ1) is 17.5. The molecule has 0 unspecified atom stereocenters. The van der Waals surface area contributed by atoms with Crippen LogP contribution in [-0.2, 0) is 6.42 Å². The van der Waals surface area contributed by atoms with Gasteiger partial charge in [0.1, 0.15) is 28.8 Å². The van der Waals surface area contributed by atoms with Crippen LogP contribution in [0.4, 0.5) is 21.8 Å². The van der Waals surface area contributed by atoms with E-state index in [9.17, 15) is 4.39 Å². The molecule has 8 nitrogen and oxygen atoms in total. The fraction of sp³-hybridized carbons (Fsp3) is 0.269. The van der Waals surface area contributed by atoms with Gasteiger partial charge in [-0.15, -0.1) is 0 Å². The van der Waals surface area contributed by atoms with Gasteiger partial charge >= 0.3 is 0 Å². The Morgan fingerprint density at radius 2 is 1.97 bits per heavy atom. The van der Waals surface area contributed by atoms with Crippen LogP contribution in [0.1, 0.15) is 29.2 Å². The van der Waals surface area contributed by atoms with Gasteiger partial charge in [-0.05, 0) is 42.7 Å². The zero-order valence-corrected chi connectivity index (χ0v) is 21.0. The van der Waals surface area contributed by atoms with Gasteiger partial charge in [-0.3, -0.25) is 0 Å². The number of hydrogen-bond donors (Lipinski definition) is 1. The maximum atomic E-state index is 12.5. The molecule has 0 bridgehead atoms. The molecule has 0 spiro atoms. The molecule has 1 N–H and O–H groups in total. The molecular formula is C26H26ClFN6O2. The van der Waals surface area contributed by atoms with Gasteiger partial charge in [-0.1, -0.05) is 23.7 Å². The van der Waals surface area contributed by atoms with E-state index in [2.05, 4.69) is 10.3 Å². The fourth-order valence-corrected chi connectivity index (χ4v) is 4.73. The van der Waals surface area contributed by atoms with Gasteiger partial charge < -0.3 is 24.3 Å². The van der Waals surface area contributed by atoms with Crippen LogP contribution in [0.25, 0.3) is 5.69 Å². The Labute approximate surface area is 213 Å². The van der Waals surface area contributed by atoms with Crippen molar-refractivity contribution < 1.29 is 13.9 Å². The lowest BCUT2D eigenvalue weighted by molar-refractivity contribution is 0.191. The summed E-state index contributed by atoms with van der Waals surface area (Å²) in [7, 11) is 5.58. The number of nitrogens with zero attached hydrogens (tertiary/aromatic N) is 5. The number of benzene rings is 2. The first-order valence-corrected chi connectivity index (χ1v) is 11.9. The predicted molar refractivity (Wildman–Crippen MR) is 138 cm³/mol. The summed E-state index contributed by atoms with van der Waals surface area (Å²) in [6.45, 7) is -0.845. The Balaban J connectivity index is 1.48. The summed E-state index contributed by atoms with van der Waals surface area (Å²) >= 11 is 5.98. The molecule has 36 heavy (non-hydrogen) atoms. The molecule has 0 fully saturated rings. The summed E-state index contributed by atoms with van der Waals surface area (Å²) in [6.07, 6.45) is 5.16. The van der Waals surface area contributed by atoms with E-state index in [-0.39, 0.29) is 5.92 Å². The maximum Gasteiger partial charge on any atom is 0.229 e. The van der Waals surface area contributed by atoms with E-state index in [0.29, 0.717) is 22.6 Å². The van der Waals surface area contributed by atoms with Gasteiger partial charge in [0.25, 0.3) is 0 Å². The molecule has 0 aliphatic heterocycles. The molecule has 186 valence electrons. The summed E-state index contributed by atoms with van der Waals surface area (Å²) in [6, 6.07) is 13.3. The van der Waals surface area contributed by atoms with E-state index in [1.54, 1.807) is 36.3 Å². The minimum absolute atomic E-state index is 0.115. The second kappa shape index (κ2) is 10.0. The zero-order valence-electron chi connectivity index (χ0n) is 20.2. The molecule has 10 heteroatoms.